The lowest BCUT2D eigenvalue weighted by atomic mass is 9.99. The zero-order chi connectivity index (χ0) is 20.7. The van der Waals surface area contributed by atoms with E-state index in [1.165, 1.54) is 13.2 Å². The molecule has 3 aromatic rings. The van der Waals surface area contributed by atoms with E-state index in [1.807, 2.05) is 0 Å². The topological polar surface area (TPSA) is 139 Å². The van der Waals surface area contributed by atoms with Crippen LogP contribution >= 0.6 is 0 Å². The number of fused-ring (bicyclic) bond motifs is 3. The molecule has 0 bridgehead atoms. The quantitative estimate of drug-likeness (QED) is 0.353. The number of hydrogen-bond donors (Lipinski definition) is 4. The fourth-order valence-corrected chi connectivity index (χ4v) is 3.39. The van der Waals surface area contributed by atoms with E-state index in [0.29, 0.717) is 21.9 Å². The van der Waals surface area contributed by atoms with Gasteiger partial charge in [0.15, 0.2) is 0 Å². The Morgan fingerprint density at radius 1 is 0.931 bits per heavy atom. The predicted molar refractivity (Wildman–Crippen MR) is 101 cm³/mol. The summed E-state index contributed by atoms with van der Waals surface area (Å²) in [5, 5.41) is 40.8. The molecule has 4 rings (SSSR count). The van der Waals surface area contributed by atoms with E-state index in [1.54, 1.807) is 30.3 Å². The standard InChI is InChI=1S/C20H20O9/c1-26-9-2-5-12-13(6-9)11-4-3-10(7-14(11)28-19(12)25)27-20-18(24)17(23)16(22)15(8-21)29-20/h2-7,15-18,20-24H,8H2,1H3/t15-,16-,17+,18-,20-/m1/s1. The van der Waals surface area contributed by atoms with Crippen LogP contribution in [0.25, 0.3) is 21.7 Å². The number of benzene rings is 2. The lowest BCUT2D eigenvalue weighted by Gasteiger charge is -2.39. The van der Waals surface area contributed by atoms with Crippen LogP contribution in [-0.4, -0.2) is 64.8 Å². The molecule has 0 spiro atoms. The van der Waals surface area contributed by atoms with Crippen molar-refractivity contribution in [2.75, 3.05) is 13.7 Å². The summed E-state index contributed by atoms with van der Waals surface area (Å²) in [5.74, 6) is 0.790. The van der Waals surface area contributed by atoms with Crippen molar-refractivity contribution in [2.24, 2.45) is 0 Å². The minimum atomic E-state index is -1.55. The molecule has 9 nitrogen and oxygen atoms in total. The Kier molecular flexibility index (Phi) is 5.15. The number of methoxy groups -OCH3 is 1. The lowest BCUT2D eigenvalue weighted by Crippen LogP contribution is -2.60. The lowest BCUT2D eigenvalue weighted by molar-refractivity contribution is -0.277. The van der Waals surface area contributed by atoms with E-state index in [2.05, 4.69) is 0 Å². The maximum Gasteiger partial charge on any atom is 0.344 e. The molecule has 0 aliphatic carbocycles. The molecular formula is C20H20O9. The molecule has 1 aliphatic rings. The fraction of sp³-hybridized carbons (Fsp3) is 0.350. The van der Waals surface area contributed by atoms with Gasteiger partial charge in [-0.1, -0.05) is 0 Å². The Bertz CT molecular complexity index is 1090. The second-order valence-corrected chi connectivity index (χ2v) is 6.77. The highest BCUT2D eigenvalue weighted by atomic mass is 16.7. The van der Waals surface area contributed by atoms with Gasteiger partial charge in [-0.3, -0.25) is 0 Å². The monoisotopic (exact) mass is 404 g/mol. The number of hydrogen-bond acceptors (Lipinski definition) is 9. The average Bonchev–Trinajstić information content (AvgIpc) is 2.73. The minimum Gasteiger partial charge on any atom is -0.497 e. The van der Waals surface area contributed by atoms with Crippen molar-refractivity contribution >= 4 is 21.7 Å². The fourth-order valence-electron chi connectivity index (χ4n) is 3.39. The van der Waals surface area contributed by atoms with Gasteiger partial charge in [0.2, 0.25) is 6.29 Å². The van der Waals surface area contributed by atoms with Crippen LogP contribution < -0.4 is 15.1 Å². The summed E-state index contributed by atoms with van der Waals surface area (Å²) >= 11 is 0. The molecule has 0 radical (unpaired) electrons. The summed E-state index contributed by atoms with van der Waals surface area (Å²) in [6.07, 6.45) is -7.01. The maximum atomic E-state index is 12.3. The number of ether oxygens (including phenoxy) is 3. The van der Waals surface area contributed by atoms with Gasteiger partial charge in [0.1, 0.15) is 41.5 Å². The van der Waals surface area contributed by atoms with Crippen LogP contribution in [0.5, 0.6) is 11.5 Å². The van der Waals surface area contributed by atoms with Crippen molar-refractivity contribution in [1.29, 1.82) is 0 Å². The first-order chi connectivity index (χ1) is 13.9. The Labute approximate surface area is 164 Å². The van der Waals surface area contributed by atoms with Crippen molar-refractivity contribution in [2.45, 2.75) is 30.7 Å². The Hall–Kier alpha value is -2.69. The Morgan fingerprint density at radius 2 is 1.66 bits per heavy atom. The zero-order valence-corrected chi connectivity index (χ0v) is 15.4. The molecule has 154 valence electrons. The number of aliphatic hydroxyl groups excluding tert-OH is 4. The minimum absolute atomic E-state index is 0.201. The molecule has 2 aromatic carbocycles. The van der Waals surface area contributed by atoms with Crippen LogP contribution in [0.3, 0.4) is 0 Å². The molecule has 9 heteroatoms. The van der Waals surface area contributed by atoms with E-state index in [-0.39, 0.29) is 11.3 Å². The van der Waals surface area contributed by atoms with Gasteiger partial charge in [0, 0.05) is 16.8 Å². The van der Waals surface area contributed by atoms with Crippen LogP contribution in [0.15, 0.2) is 45.6 Å². The molecule has 1 fully saturated rings. The molecule has 0 amide bonds. The molecule has 1 saturated heterocycles. The van der Waals surface area contributed by atoms with E-state index in [4.69, 9.17) is 18.6 Å². The summed E-state index contributed by atoms with van der Waals surface area (Å²) < 4.78 is 21.5. The highest BCUT2D eigenvalue weighted by Crippen LogP contribution is 2.30. The SMILES string of the molecule is COc1ccc2c(=O)oc3cc(O[C@@H]4O[C@H](CO)[C@@H](O)[C@H](O)[C@H]4O)ccc3c2c1. The van der Waals surface area contributed by atoms with E-state index >= 15 is 0 Å². The van der Waals surface area contributed by atoms with Crippen molar-refractivity contribution in [1.82, 2.24) is 0 Å². The van der Waals surface area contributed by atoms with Crippen LogP contribution in [0.1, 0.15) is 0 Å². The third kappa shape index (κ3) is 3.43. The summed E-state index contributed by atoms with van der Waals surface area (Å²) in [4.78, 5) is 12.3. The summed E-state index contributed by atoms with van der Waals surface area (Å²) in [7, 11) is 1.53. The molecule has 29 heavy (non-hydrogen) atoms. The largest absolute Gasteiger partial charge is 0.497 e. The van der Waals surface area contributed by atoms with Gasteiger partial charge in [0.05, 0.1) is 19.1 Å². The van der Waals surface area contributed by atoms with Crippen LogP contribution in [-0.2, 0) is 4.74 Å². The third-order valence-corrected chi connectivity index (χ3v) is 4.99. The van der Waals surface area contributed by atoms with Crippen LogP contribution in [0.2, 0.25) is 0 Å². The highest BCUT2D eigenvalue weighted by molar-refractivity contribution is 6.05. The van der Waals surface area contributed by atoms with Crippen molar-refractivity contribution in [3.8, 4) is 11.5 Å². The van der Waals surface area contributed by atoms with E-state index < -0.39 is 42.9 Å². The first kappa shape index (κ1) is 19.6. The Balaban J connectivity index is 1.70. The summed E-state index contributed by atoms with van der Waals surface area (Å²) in [6, 6.07) is 9.74. The van der Waals surface area contributed by atoms with Gasteiger partial charge >= 0.3 is 5.63 Å². The summed E-state index contributed by atoms with van der Waals surface area (Å²) in [5.41, 5.74) is -0.280. The molecule has 5 atom stereocenters. The Morgan fingerprint density at radius 3 is 2.38 bits per heavy atom. The van der Waals surface area contributed by atoms with Crippen molar-refractivity contribution in [3.63, 3.8) is 0 Å². The predicted octanol–water partition coefficient (Wildman–Crippen LogP) is 0.133. The molecule has 0 saturated carbocycles. The van der Waals surface area contributed by atoms with E-state index in [0.717, 1.165) is 0 Å². The molecule has 2 heterocycles. The number of aliphatic hydroxyl groups is 4. The number of rotatable bonds is 4. The molecule has 1 aromatic heterocycles. The van der Waals surface area contributed by atoms with Crippen molar-refractivity contribution < 1.29 is 39.1 Å². The molecule has 4 N–H and O–H groups in total. The zero-order valence-electron chi connectivity index (χ0n) is 15.4. The van der Waals surface area contributed by atoms with Gasteiger partial charge < -0.3 is 39.1 Å². The normalized spacial score (nSPS) is 27.3. The smallest absolute Gasteiger partial charge is 0.344 e. The second kappa shape index (κ2) is 7.62. The summed E-state index contributed by atoms with van der Waals surface area (Å²) in [6.45, 7) is -0.564. The molecule has 0 unspecified atom stereocenters. The highest BCUT2D eigenvalue weighted by Gasteiger charge is 2.44. The first-order valence-electron chi connectivity index (χ1n) is 8.94. The van der Waals surface area contributed by atoms with Gasteiger partial charge in [-0.25, -0.2) is 4.79 Å². The average molecular weight is 404 g/mol. The molecular weight excluding hydrogens is 384 g/mol. The second-order valence-electron chi connectivity index (χ2n) is 6.77. The third-order valence-electron chi connectivity index (χ3n) is 4.99. The van der Waals surface area contributed by atoms with Crippen LogP contribution in [0.4, 0.5) is 0 Å². The first-order valence-corrected chi connectivity index (χ1v) is 8.94. The maximum absolute atomic E-state index is 12.3. The van der Waals surface area contributed by atoms with Crippen molar-refractivity contribution in [3.05, 3.63) is 46.8 Å². The van der Waals surface area contributed by atoms with Gasteiger partial charge in [0.25, 0.3) is 0 Å². The molecule has 1 aliphatic heterocycles. The van der Waals surface area contributed by atoms with E-state index in [9.17, 15) is 25.2 Å². The van der Waals surface area contributed by atoms with Gasteiger partial charge in [-0.15, -0.1) is 0 Å². The van der Waals surface area contributed by atoms with Gasteiger partial charge in [-0.05, 0) is 30.3 Å². The van der Waals surface area contributed by atoms with Gasteiger partial charge in [-0.2, -0.15) is 0 Å². The van der Waals surface area contributed by atoms with Crippen LogP contribution in [0, 0.1) is 0 Å².